The molecule has 1 aromatic heterocycles. The highest BCUT2D eigenvalue weighted by molar-refractivity contribution is 5.96. The molecule has 2 aromatic carbocycles. The van der Waals surface area contributed by atoms with Gasteiger partial charge in [-0.05, 0) is 37.3 Å². The number of benzene rings is 2. The summed E-state index contributed by atoms with van der Waals surface area (Å²) >= 11 is 0. The summed E-state index contributed by atoms with van der Waals surface area (Å²) in [6.45, 7) is -0.652. The van der Waals surface area contributed by atoms with Crippen molar-refractivity contribution in [3.05, 3.63) is 87.7 Å². The van der Waals surface area contributed by atoms with Crippen LogP contribution in [0, 0.1) is 11.3 Å². The maximum Gasteiger partial charge on any atom is 0.326 e. The number of amides is 2. The van der Waals surface area contributed by atoms with E-state index in [-0.39, 0.29) is 29.6 Å². The van der Waals surface area contributed by atoms with Crippen molar-refractivity contribution in [3.8, 4) is 11.3 Å². The van der Waals surface area contributed by atoms with E-state index in [2.05, 4.69) is 15.7 Å². The Bertz CT molecular complexity index is 1580. The molecule has 0 spiro atoms. The number of nitrogens with zero attached hydrogens (tertiary/aromatic N) is 2. The molecule has 3 aromatic rings. The van der Waals surface area contributed by atoms with Crippen LogP contribution >= 0.6 is 0 Å². The summed E-state index contributed by atoms with van der Waals surface area (Å²) in [5, 5.41) is 36.0. The van der Waals surface area contributed by atoms with Gasteiger partial charge in [0, 0.05) is 23.6 Å². The smallest absolute Gasteiger partial charge is 0.326 e. The van der Waals surface area contributed by atoms with E-state index in [1.807, 2.05) is 0 Å². The number of nitrogen functional groups attached to an aromatic ring is 1. The van der Waals surface area contributed by atoms with Gasteiger partial charge in [-0.2, -0.15) is 5.10 Å². The molecule has 0 saturated heterocycles. The molecule has 1 aliphatic rings. The number of nitrogens with one attached hydrogen (secondary N) is 3. The highest BCUT2D eigenvalue weighted by Gasteiger charge is 2.28. The molecule has 13 heteroatoms. The molecule has 13 nitrogen and oxygen atoms in total. The van der Waals surface area contributed by atoms with Crippen LogP contribution in [0.15, 0.2) is 65.5 Å². The van der Waals surface area contributed by atoms with Crippen LogP contribution in [0.5, 0.6) is 0 Å². The standard InChI is InChI=1S/C30H32N6O7/c31-26(32)19-8-6-18(7-9-19)23-15-22(27(38)33-21-12-10-20(11-13-21)29(40)41)28(39)36(35-23)16-25(37)34-24(30(42)43)14-17-4-2-1-3-5-17/h1-9,15,20-21,24H,10-14,16H2,(H3,31,32)(H,33,38)(H,34,37)(H,40,41)(H,42,43)/t20-,21-,24?. The molecule has 1 fully saturated rings. The zero-order valence-electron chi connectivity index (χ0n) is 23.2. The second-order valence-electron chi connectivity index (χ2n) is 10.4. The molecule has 224 valence electrons. The number of aliphatic carboxylic acids is 2. The second-order valence-corrected chi connectivity index (χ2v) is 10.4. The van der Waals surface area contributed by atoms with E-state index >= 15 is 0 Å². The number of carbonyl (C=O) groups excluding carboxylic acids is 2. The summed E-state index contributed by atoms with van der Waals surface area (Å²) in [5.74, 6) is -4.26. The number of nitrogens with two attached hydrogens (primary N) is 1. The molecule has 1 saturated carbocycles. The largest absolute Gasteiger partial charge is 0.481 e. The average Bonchev–Trinajstić information content (AvgIpc) is 2.98. The second kappa shape index (κ2) is 13.6. The first-order valence-corrected chi connectivity index (χ1v) is 13.7. The fourth-order valence-electron chi connectivity index (χ4n) is 4.95. The Morgan fingerprint density at radius 3 is 2.23 bits per heavy atom. The first-order chi connectivity index (χ1) is 20.5. The number of aromatic nitrogens is 2. The molecular formula is C30H32N6O7. The zero-order chi connectivity index (χ0) is 31.1. The summed E-state index contributed by atoms with van der Waals surface area (Å²) in [7, 11) is 0. The lowest BCUT2D eigenvalue weighted by Gasteiger charge is -2.26. The first kappa shape index (κ1) is 30.6. The van der Waals surface area contributed by atoms with E-state index < -0.39 is 47.8 Å². The minimum Gasteiger partial charge on any atom is -0.481 e. The summed E-state index contributed by atoms with van der Waals surface area (Å²) in [6.07, 6.45) is 1.67. The van der Waals surface area contributed by atoms with Crippen LogP contribution in [0.4, 0.5) is 0 Å². The van der Waals surface area contributed by atoms with E-state index in [9.17, 15) is 34.2 Å². The third kappa shape index (κ3) is 7.91. The monoisotopic (exact) mass is 588 g/mol. The molecule has 43 heavy (non-hydrogen) atoms. The van der Waals surface area contributed by atoms with Crippen molar-refractivity contribution in [3.63, 3.8) is 0 Å². The Morgan fingerprint density at radius 1 is 1.00 bits per heavy atom. The lowest BCUT2D eigenvalue weighted by Crippen LogP contribution is -2.46. The van der Waals surface area contributed by atoms with Gasteiger partial charge in [-0.1, -0.05) is 54.6 Å². The topological polar surface area (TPSA) is 218 Å². The molecule has 0 bridgehead atoms. The van der Waals surface area contributed by atoms with Crippen molar-refractivity contribution in [2.75, 3.05) is 0 Å². The fraction of sp³-hybridized carbons (Fsp3) is 0.300. The van der Waals surface area contributed by atoms with Crippen molar-refractivity contribution >= 4 is 29.6 Å². The van der Waals surface area contributed by atoms with Crippen LogP contribution in [0.3, 0.4) is 0 Å². The molecular weight excluding hydrogens is 556 g/mol. The Hall–Kier alpha value is -5.33. The number of hydrogen-bond acceptors (Lipinski definition) is 7. The summed E-state index contributed by atoms with van der Waals surface area (Å²) in [6, 6.07) is 14.8. The number of carboxylic acids is 2. The third-order valence-electron chi connectivity index (χ3n) is 7.33. The SMILES string of the molecule is N=C(N)c1ccc(-c2cc(C(=O)N[C@H]3CC[C@H](C(=O)O)CC3)c(=O)n(CC(=O)NC(Cc3ccccc3)C(=O)O)n2)cc1. The maximum absolute atomic E-state index is 13.4. The van der Waals surface area contributed by atoms with Crippen molar-refractivity contribution in [1.29, 1.82) is 5.41 Å². The van der Waals surface area contributed by atoms with Crippen LogP contribution in [-0.4, -0.2) is 61.7 Å². The highest BCUT2D eigenvalue weighted by Crippen LogP contribution is 2.25. The molecule has 2 amide bonds. The quantitative estimate of drug-likeness (QED) is 0.141. The van der Waals surface area contributed by atoms with E-state index in [4.69, 9.17) is 11.1 Å². The molecule has 0 radical (unpaired) electrons. The van der Waals surface area contributed by atoms with Gasteiger partial charge in [0.15, 0.2) is 0 Å². The van der Waals surface area contributed by atoms with Crippen molar-refractivity contribution in [2.24, 2.45) is 11.7 Å². The Labute approximate surface area is 246 Å². The Balaban J connectivity index is 1.60. The third-order valence-corrected chi connectivity index (χ3v) is 7.33. The van der Waals surface area contributed by atoms with E-state index in [0.717, 1.165) is 4.68 Å². The molecule has 1 atom stereocenters. The number of carboxylic acid groups (broad SMARTS) is 2. The first-order valence-electron chi connectivity index (χ1n) is 13.7. The predicted molar refractivity (Wildman–Crippen MR) is 156 cm³/mol. The van der Waals surface area contributed by atoms with Gasteiger partial charge >= 0.3 is 11.9 Å². The minimum atomic E-state index is -1.27. The van der Waals surface area contributed by atoms with Gasteiger partial charge in [0.1, 0.15) is 24.0 Å². The summed E-state index contributed by atoms with van der Waals surface area (Å²) in [5.41, 5.74) is 6.20. The highest BCUT2D eigenvalue weighted by atomic mass is 16.4. The Morgan fingerprint density at radius 2 is 1.65 bits per heavy atom. The van der Waals surface area contributed by atoms with Crippen LogP contribution in [0.1, 0.15) is 47.2 Å². The van der Waals surface area contributed by atoms with Crippen molar-refractivity contribution in [2.45, 2.75) is 50.7 Å². The van der Waals surface area contributed by atoms with Gasteiger partial charge < -0.3 is 26.6 Å². The molecule has 1 aliphatic carbocycles. The minimum absolute atomic E-state index is 0.0184. The van der Waals surface area contributed by atoms with Crippen molar-refractivity contribution < 1.29 is 29.4 Å². The summed E-state index contributed by atoms with van der Waals surface area (Å²) < 4.78 is 0.807. The average molecular weight is 589 g/mol. The number of rotatable bonds is 11. The van der Waals surface area contributed by atoms with Crippen LogP contribution < -0.4 is 21.9 Å². The summed E-state index contributed by atoms with van der Waals surface area (Å²) in [4.78, 5) is 62.8. The van der Waals surface area contributed by atoms with Crippen LogP contribution in [-0.2, 0) is 27.3 Å². The number of hydrogen-bond donors (Lipinski definition) is 6. The predicted octanol–water partition coefficient (Wildman–Crippen LogP) is 1.38. The van der Waals surface area contributed by atoms with Gasteiger partial charge in [-0.15, -0.1) is 0 Å². The van der Waals surface area contributed by atoms with Gasteiger partial charge in [0.05, 0.1) is 11.6 Å². The van der Waals surface area contributed by atoms with Crippen LogP contribution in [0.25, 0.3) is 11.3 Å². The normalized spacial score (nSPS) is 16.9. The van der Waals surface area contributed by atoms with Gasteiger partial charge in [0.2, 0.25) is 5.91 Å². The number of amidine groups is 1. The maximum atomic E-state index is 13.4. The van der Waals surface area contributed by atoms with Gasteiger partial charge in [-0.3, -0.25) is 24.6 Å². The molecule has 7 N–H and O–H groups in total. The fourth-order valence-corrected chi connectivity index (χ4v) is 4.95. The molecule has 1 unspecified atom stereocenters. The lowest BCUT2D eigenvalue weighted by atomic mass is 9.86. The van der Waals surface area contributed by atoms with E-state index in [0.29, 0.717) is 42.4 Å². The Kier molecular flexibility index (Phi) is 9.65. The van der Waals surface area contributed by atoms with E-state index in [1.54, 1.807) is 54.6 Å². The molecule has 4 rings (SSSR count). The van der Waals surface area contributed by atoms with Crippen molar-refractivity contribution in [1.82, 2.24) is 20.4 Å². The lowest BCUT2D eigenvalue weighted by molar-refractivity contribution is -0.143. The van der Waals surface area contributed by atoms with Crippen LogP contribution in [0.2, 0.25) is 0 Å². The van der Waals surface area contributed by atoms with E-state index in [1.165, 1.54) is 6.07 Å². The zero-order valence-corrected chi connectivity index (χ0v) is 23.2. The molecule has 1 heterocycles. The van der Waals surface area contributed by atoms with Gasteiger partial charge in [-0.25, -0.2) is 9.48 Å². The number of carbonyl (C=O) groups is 4. The van der Waals surface area contributed by atoms with Gasteiger partial charge in [0.25, 0.3) is 11.5 Å². The molecule has 0 aliphatic heterocycles.